The third-order valence-electron chi connectivity index (χ3n) is 5.02. The minimum Gasteiger partial charge on any atom is -0.493 e. The van der Waals surface area contributed by atoms with Gasteiger partial charge < -0.3 is 24.8 Å². The number of rotatable bonds is 6. The fourth-order valence-electron chi connectivity index (χ4n) is 3.59. The van der Waals surface area contributed by atoms with Crippen molar-refractivity contribution in [3.63, 3.8) is 0 Å². The summed E-state index contributed by atoms with van der Waals surface area (Å²) >= 11 is 1.35. The van der Waals surface area contributed by atoms with Crippen molar-refractivity contribution in [3.05, 3.63) is 59.0 Å². The number of hydrogen-bond acceptors (Lipinski definition) is 6. The number of methoxy groups -OCH3 is 1. The van der Waals surface area contributed by atoms with Gasteiger partial charge in [-0.3, -0.25) is 9.59 Å². The largest absolute Gasteiger partial charge is 0.493 e. The molecule has 2 N–H and O–H groups in total. The van der Waals surface area contributed by atoms with E-state index < -0.39 is 12.0 Å². The topological polar surface area (TPSA) is 91.1 Å². The van der Waals surface area contributed by atoms with Crippen molar-refractivity contribution < 1.29 is 23.8 Å². The number of morpholine rings is 1. The van der Waals surface area contributed by atoms with Gasteiger partial charge in [-0.25, -0.2) is 0 Å². The van der Waals surface area contributed by atoms with Crippen LogP contribution in [0.25, 0.3) is 10.1 Å². The van der Waals surface area contributed by atoms with Crippen LogP contribution in [0.1, 0.15) is 21.3 Å². The molecule has 30 heavy (non-hydrogen) atoms. The second-order valence-corrected chi connectivity index (χ2v) is 7.90. The minimum absolute atomic E-state index is 0.111. The van der Waals surface area contributed by atoms with Gasteiger partial charge in [-0.15, -0.1) is 11.3 Å². The Balaban J connectivity index is 1.51. The van der Waals surface area contributed by atoms with Gasteiger partial charge in [-0.2, -0.15) is 0 Å². The van der Waals surface area contributed by atoms with Crippen molar-refractivity contribution in [2.45, 2.75) is 6.10 Å². The lowest BCUT2D eigenvalue weighted by molar-refractivity contribution is -0.141. The summed E-state index contributed by atoms with van der Waals surface area (Å²) in [6, 6.07) is 14.9. The van der Waals surface area contributed by atoms with Crippen molar-refractivity contribution in [3.8, 4) is 11.5 Å². The van der Waals surface area contributed by atoms with Crippen LogP contribution in [0, 0.1) is 0 Å². The average Bonchev–Trinajstić information content (AvgIpc) is 3.18. The van der Waals surface area contributed by atoms with Crippen molar-refractivity contribution in [2.75, 3.05) is 33.4 Å². The summed E-state index contributed by atoms with van der Waals surface area (Å²) in [5.41, 5.74) is 6.38. The summed E-state index contributed by atoms with van der Waals surface area (Å²) in [5.74, 6) is 0.436. The van der Waals surface area contributed by atoms with E-state index >= 15 is 0 Å². The Bertz CT molecular complexity index is 1080. The van der Waals surface area contributed by atoms with Crippen molar-refractivity contribution in [2.24, 2.45) is 5.73 Å². The van der Waals surface area contributed by atoms with Gasteiger partial charge in [0, 0.05) is 16.8 Å². The van der Waals surface area contributed by atoms with E-state index in [4.69, 9.17) is 19.9 Å². The molecule has 1 aromatic heterocycles. The third-order valence-corrected chi connectivity index (χ3v) is 6.22. The number of thiophene rings is 1. The molecule has 3 aromatic rings. The maximum atomic E-state index is 12.8. The first-order chi connectivity index (χ1) is 14.6. The van der Waals surface area contributed by atoms with Crippen LogP contribution in [0.4, 0.5) is 0 Å². The molecule has 1 aliphatic rings. The molecule has 1 fully saturated rings. The van der Waals surface area contributed by atoms with Gasteiger partial charge in [-0.1, -0.05) is 30.3 Å². The number of carbonyl (C=O) groups excluding carboxylic acids is 2. The van der Waals surface area contributed by atoms with Gasteiger partial charge in [0.15, 0.2) is 18.1 Å². The third kappa shape index (κ3) is 3.96. The van der Waals surface area contributed by atoms with E-state index in [0.717, 1.165) is 15.6 Å². The Morgan fingerprint density at radius 2 is 1.90 bits per heavy atom. The zero-order valence-corrected chi connectivity index (χ0v) is 17.3. The summed E-state index contributed by atoms with van der Waals surface area (Å²) in [6.45, 7) is 1.04. The monoisotopic (exact) mass is 426 g/mol. The Labute approximate surface area is 177 Å². The number of benzene rings is 2. The lowest BCUT2D eigenvalue weighted by Crippen LogP contribution is -2.44. The maximum absolute atomic E-state index is 12.8. The zero-order valence-electron chi connectivity index (χ0n) is 16.5. The van der Waals surface area contributed by atoms with E-state index in [-0.39, 0.29) is 12.5 Å². The number of nitrogens with two attached hydrogens (primary N) is 1. The molecule has 1 saturated heterocycles. The molecule has 8 heteroatoms. The van der Waals surface area contributed by atoms with Crippen LogP contribution in [0.2, 0.25) is 0 Å². The molecule has 2 heterocycles. The molecule has 0 saturated carbocycles. The molecule has 1 aliphatic heterocycles. The quantitative estimate of drug-likeness (QED) is 0.654. The number of ether oxygens (including phenoxy) is 3. The Morgan fingerprint density at radius 1 is 1.17 bits per heavy atom. The first-order valence-corrected chi connectivity index (χ1v) is 10.4. The average molecular weight is 426 g/mol. The first kappa shape index (κ1) is 20.2. The van der Waals surface area contributed by atoms with Gasteiger partial charge in [0.1, 0.15) is 6.10 Å². The highest BCUT2D eigenvalue weighted by molar-refractivity contribution is 7.21. The molecular formula is C22H22N2O5S. The Morgan fingerprint density at radius 3 is 2.67 bits per heavy atom. The van der Waals surface area contributed by atoms with Crippen LogP contribution in [0.5, 0.6) is 11.5 Å². The molecule has 0 radical (unpaired) electrons. The van der Waals surface area contributed by atoms with Crippen LogP contribution in [0.3, 0.4) is 0 Å². The number of fused-ring (bicyclic) bond motifs is 1. The zero-order chi connectivity index (χ0) is 21.1. The van der Waals surface area contributed by atoms with Crippen molar-refractivity contribution >= 4 is 33.2 Å². The van der Waals surface area contributed by atoms with Crippen LogP contribution < -0.4 is 15.2 Å². The highest BCUT2D eigenvalue weighted by Crippen LogP contribution is 2.38. The van der Waals surface area contributed by atoms with E-state index in [1.165, 1.54) is 11.3 Å². The molecule has 1 unspecified atom stereocenters. The lowest BCUT2D eigenvalue weighted by atomic mass is 10.0. The molecule has 0 spiro atoms. The standard InChI is InChI=1S/C22H22N2O5S/c1-27-15-7-3-4-8-16(15)29-13-19(25)24-10-11-28-17(12-24)20-14-6-2-5-9-18(14)30-21(20)22(23)26/h2-9,17H,10-13H2,1H3,(H2,23,26). The highest BCUT2D eigenvalue weighted by Gasteiger charge is 2.31. The smallest absolute Gasteiger partial charge is 0.260 e. The number of carbonyl (C=O) groups is 2. The Kier molecular flexibility index (Phi) is 5.87. The van der Waals surface area contributed by atoms with Crippen molar-refractivity contribution in [1.29, 1.82) is 0 Å². The van der Waals surface area contributed by atoms with Crippen LogP contribution >= 0.6 is 11.3 Å². The molecule has 1 atom stereocenters. The van der Waals surface area contributed by atoms with Crippen LogP contribution in [0.15, 0.2) is 48.5 Å². The van der Waals surface area contributed by atoms with E-state index in [9.17, 15) is 9.59 Å². The number of nitrogens with zero attached hydrogens (tertiary/aromatic N) is 1. The van der Waals surface area contributed by atoms with Gasteiger partial charge >= 0.3 is 0 Å². The second-order valence-electron chi connectivity index (χ2n) is 6.84. The maximum Gasteiger partial charge on any atom is 0.260 e. The summed E-state index contributed by atoms with van der Waals surface area (Å²) < 4.78 is 17.8. The number of para-hydroxylation sites is 2. The summed E-state index contributed by atoms with van der Waals surface area (Å²) in [7, 11) is 1.55. The Hall–Kier alpha value is -3.10. The first-order valence-electron chi connectivity index (χ1n) is 9.55. The molecule has 2 amide bonds. The van der Waals surface area contributed by atoms with Crippen LogP contribution in [-0.2, 0) is 9.53 Å². The summed E-state index contributed by atoms with van der Waals surface area (Å²) in [4.78, 5) is 27.0. The SMILES string of the molecule is COc1ccccc1OCC(=O)N1CCOC(c2c(C(N)=O)sc3ccccc23)C1. The number of amides is 2. The molecular weight excluding hydrogens is 404 g/mol. The predicted octanol–water partition coefficient (Wildman–Crippen LogP) is 2.99. The molecule has 2 aromatic carbocycles. The molecule has 0 aliphatic carbocycles. The summed E-state index contributed by atoms with van der Waals surface area (Å²) in [6.07, 6.45) is -0.424. The molecule has 156 valence electrons. The van der Waals surface area contributed by atoms with E-state index in [0.29, 0.717) is 36.1 Å². The van der Waals surface area contributed by atoms with Gasteiger partial charge in [0.25, 0.3) is 11.8 Å². The fourth-order valence-corrected chi connectivity index (χ4v) is 4.69. The molecule has 0 bridgehead atoms. The van der Waals surface area contributed by atoms with E-state index in [1.807, 2.05) is 36.4 Å². The van der Waals surface area contributed by atoms with Gasteiger partial charge in [0.2, 0.25) is 0 Å². The molecule has 7 nitrogen and oxygen atoms in total. The van der Waals surface area contributed by atoms with E-state index in [1.54, 1.807) is 24.1 Å². The number of primary amides is 1. The van der Waals surface area contributed by atoms with Crippen molar-refractivity contribution in [1.82, 2.24) is 4.90 Å². The fraction of sp³-hybridized carbons (Fsp3) is 0.273. The van der Waals surface area contributed by atoms with Gasteiger partial charge in [-0.05, 0) is 23.6 Å². The lowest BCUT2D eigenvalue weighted by Gasteiger charge is -2.33. The highest BCUT2D eigenvalue weighted by atomic mass is 32.1. The minimum atomic E-state index is -0.488. The van der Waals surface area contributed by atoms with Gasteiger partial charge in [0.05, 0.1) is 25.1 Å². The predicted molar refractivity (Wildman–Crippen MR) is 114 cm³/mol. The molecule has 4 rings (SSSR count). The van der Waals surface area contributed by atoms with E-state index in [2.05, 4.69) is 0 Å². The number of hydrogen-bond donors (Lipinski definition) is 1. The summed E-state index contributed by atoms with van der Waals surface area (Å²) in [5, 5.41) is 0.931. The normalized spacial score (nSPS) is 16.4. The second kappa shape index (κ2) is 8.73. The van der Waals surface area contributed by atoms with Crippen LogP contribution in [-0.4, -0.2) is 50.1 Å².